The van der Waals surface area contributed by atoms with Crippen molar-refractivity contribution >= 4 is 11.8 Å². The summed E-state index contributed by atoms with van der Waals surface area (Å²) < 4.78 is 7.25. The first-order valence-corrected chi connectivity index (χ1v) is 9.99. The average Bonchev–Trinajstić information content (AvgIpc) is 3.28. The second-order valence-electron chi connectivity index (χ2n) is 8.81. The lowest BCUT2D eigenvalue weighted by Crippen LogP contribution is -2.42. The van der Waals surface area contributed by atoms with E-state index in [9.17, 15) is 14.9 Å². The Morgan fingerprint density at radius 3 is 2.70 bits per heavy atom. The predicted molar refractivity (Wildman–Crippen MR) is 113 cm³/mol. The summed E-state index contributed by atoms with van der Waals surface area (Å²) in [6.45, 7) is 9.49. The van der Waals surface area contributed by atoms with Crippen LogP contribution in [0, 0.1) is 17.0 Å². The lowest BCUT2D eigenvalue weighted by atomic mass is 10.1. The number of carbonyl (C=O) groups excluding carboxylic acids is 1. The van der Waals surface area contributed by atoms with Crippen molar-refractivity contribution in [2.24, 2.45) is 0 Å². The first-order valence-electron chi connectivity index (χ1n) is 9.99. The van der Waals surface area contributed by atoms with Crippen LogP contribution >= 0.6 is 0 Å². The molecule has 2 aromatic rings. The van der Waals surface area contributed by atoms with E-state index in [-0.39, 0.29) is 22.7 Å². The van der Waals surface area contributed by atoms with E-state index < -0.39 is 5.60 Å². The lowest BCUT2D eigenvalue weighted by Gasteiger charge is -2.28. The topological polar surface area (TPSA) is 93.7 Å². The number of likely N-dealkylation sites (N-methyl/N-ethyl adjacent to an activating group) is 1. The zero-order valence-corrected chi connectivity index (χ0v) is 18.2. The van der Waals surface area contributed by atoms with Gasteiger partial charge in [0.15, 0.2) is 0 Å². The summed E-state index contributed by atoms with van der Waals surface area (Å²) in [5, 5.41) is 11.4. The Morgan fingerprint density at radius 1 is 1.37 bits per heavy atom. The van der Waals surface area contributed by atoms with Gasteiger partial charge in [-0.2, -0.15) is 0 Å². The van der Waals surface area contributed by atoms with Gasteiger partial charge in [-0.1, -0.05) is 0 Å². The number of nitro groups is 1. The minimum Gasteiger partial charge on any atom is -0.444 e. The molecule has 9 heteroatoms. The molecule has 0 saturated carbocycles. The summed E-state index contributed by atoms with van der Waals surface area (Å²) >= 11 is 0. The molecule has 1 aliphatic rings. The second kappa shape index (κ2) is 8.43. The molecule has 0 N–H and O–H groups in total. The van der Waals surface area contributed by atoms with E-state index in [0.717, 1.165) is 24.2 Å². The first-order chi connectivity index (χ1) is 14.0. The van der Waals surface area contributed by atoms with Crippen molar-refractivity contribution in [3.8, 4) is 5.69 Å². The fourth-order valence-corrected chi connectivity index (χ4v) is 3.58. The third-order valence-electron chi connectivity index (χ3n) is 5.07. The first kappa shape index (κ1) is 21.8. The maximum atomic E-state index is 12.3. The Morgan fingerprint density at radius 2 is 2.10 bits per heavy atom. The van der Waals surface area contributed by atoms with E-state index in [0.29, 0.717) is 18.8 Å². The summed E-state index contributed by atoms with van der Waals surface area (Å²) in [5.41, 5.74) is 1.92. The molecule has 1 atom stereocenters. The van der Waals surface area contributed by atoms with Crippen LogP contribution in [0.25, 0.3) is 5.69 Å². The number of nitrogens with zero attached hydrogens (tertiary/aromatic N) is 5. The van der Waals surface area contributed by atoms with Crippen LogP contribution in [-0.2, 0) is 11.3 Å². The Hall–Kier alpha value is -2.94. The fraction of sp³-hybridized carbons (Fsp3) is 0.524. The van der Waals surface area contributed by atoms with Gasteiger partial charge >= 0.3 is 6.09 Å². The van der Waals surface area contributed by atoms with E-state index in [4.69, 9.17) is 4.74 Å². The second-order valence-corrected chi connectivity index (χ2v) is 8.81. The van der Waals surface area contributed by atoms with Gasteiger partial charge in [-0.25, -0.2) is 9.78 Å². The van der Waals surface area contributed by atoms with E-state index in [1.54, 1.807) is 35.0 Å². The molecule has 30 heavy (non-hydrogen) atoms. The quantitative estimate of drug-likeness (QED) is 0.548. The van der Waals surface area contributed by atoms with Crippen molar-refractivity contribution in [2.45, 2.75) is 52.3 Å². The van der Waals surface area contributed by atoms with Crippen LogP contribution in [0.4, 0.5) is 10.5 Å². The smallest absolute Gasteiger partial charge is 0.410 e. The minimum atomic E-state index is -0.533. The fourth-order valence-electron chi connectivity index (χ4n) is 3.58. The van der Waals surface area contributed by atoms with Crippen LogP contribution in [-0.4, -0.2) is 62.1 Å². The van der Waals surface area contributed by atoms with Crippen LogP contribution in [0.3, 0.4) is 0 Å². The number of hydrogen-bond acceptors (Lipinski definition) is 6. The highest BCUT2D eigenvalue weighted by Gasteiger charge is 2.31. The molecule has 162 valence electrons. The molecular formula is C21H29N5O4. The van der Waals surface area contributed by atoms with E-state index in [2.05, 4.69) is 9.88 Å². The molecule has 0 radical (unpaired) electrons. The van der Waals surface area contributed by atoms with E-state index >= 15 is 0 Å². The van der Waals surface area contributed by atoms with Gasteiger partial charge < -0.3 is 14.2 Å². The van der Waals surface area contributed by atoms with Gasteiger partial charge in [-0.05, 0) is 45.7 Å². The summed E-state index contributed by atoms with van der Waals surface area (Å²) in [6, 6.07) is 5.15. The van der Waals surface area contributed by atoms with Crippen LogP contribution in [0.15, 0.2) is 30.7 Å². The molecule has 1 saturated heterocycles. The van der Waals surface area contributed by atoms with Gasteiger partial charge in [0, 0.05) is 51.1 Å². The highest BCUT2D eigenvalue weighted by molar-refractivity contribution is 5.68. The number of imidazole rings is 1. The number of aromatic nitrogens is 2. The molecule has 1 fully saturated rings. The van der Waals surface area contributed by atoms with Gasteiger partial charge in [0.25, 0.3) is 5.69 Å². The van der Waals surface area contributed by atoms with Crippen molar-refractivity contribution in [1.82, 2.24) is 19.4 Å². The Bertz CT molecular complexity index is 934. The minimum absolute atomic E-state index is 0.0503. The number of amides is 1. The van der Waals surface area contributed by atoms with Gasteiger partial charge in [-0.15, -0.1) is 0 Å². The largest absolute Gasteiger partial charge is 0.444 e. The van der Waals surface area contributed by atoms with Gasteiger partial charge in [0.1, 0.15) is 5.60 Å². The van der Waals surface area contributed by atoms with Crippen LogP contribution in [0.1, 0.15) is 38.4 Å². The predicted octanol–water partition coefficient (Wildman–Crippen LogP) is 3.53. The Kier molecular flexibility index (Phi) is 6.12. The van der Waals surface area contributed by atoms with Gasteiger partial charge in [-0.3, -0.25) is 15.0 Å². The van der Waals surface area contributed by atoms with Crippen molar-refractivity contribution in [2.75, 3.05) is 20.1 Å². The SMILES string of the molecule is Cc1cn(-c2cc(CN3CC[C@H](N(C)C(=O)OC(C)(C)C)C3)cc([N+](=O)[O-])c2)cn1. The zero-order chi connectivity index (χ0) is 22.1. The number of carbonyl (C=O) groups is 1. The molecule has 0 aliphatic carbocycles. The standard InChI is InChI=1S/C21H29N5O4/c1-15-11-25(14-22-15)18-8-16(9-19(10-18)26(28)29)12-24-7-6-17(13-24)23(5)20(27)30-21(2,3)4/h8-11,14,17H,6-7,12-13H2,1-5H3/t17-/m0/s1. The van der Waals surface area contributed by atoms with Crippen LogP contribution in [0.2, 0.25) is 0 Å². The molecule has 1 aromatic heterocycles. The normalized spacial score (nSPS) is 17.2. The molecule has 3 rings (SSSR count). The highest BCUT2D eigenvalue weighted by atomic mass is 16.6. The van der Waals surface area contributed by atoms with Gasteiger partial charge in [0.05, 0.1) is 22.6 Å². The molecule has 1 aliphatic heterocycles. The highest BCUT2D eigenvalue weighted by Crippen LogP contribution is 2.24. The average molecular weight is 415 g/mol. The van der Waals surface area contributed by atoms with Crippen molar-refractivity contribution in [3.05, 3.63) is 52.1 Å². The molecule has 1 aromatic carbocycles. The summed E-state index contributed by atoms with van der Waals surface area (Å²) in [4.78, 5) is 31.4. The Balaban J connectivity index is 1.71. The monoisotopic (exact) mass is 415 g/mol. The molecule has 0 bridgehead atoms. The molecule has 0 spiro atoms. The maximum absolute atomic E-state index is 12.3. The van der Waals surface area contributed by atoms with E-state index in [1.165, 1.54) is 0 Å². The summed E-state index contributed by atoms with van der Waals surface area (Å²) in [6.07, 6.45) is 3.99. The van der Waals surface area contributed by atoms with Gasteiger partial charge in [0.2, 0.25) is 0 Å². The van der Waals surface area contributed by atoms with Crippen molar-refractivity contribution < 1.29 is 14.5 Å². The number of non-ortho nitro benzene ring substituents is 1. The number of benzene rings is 1. The molecule has 2 heterocycles. The Labute approximate surface area is 176 Å². The number of aryl methyl sites for hydroxylation is 1. The number of ether oxygens (including phenoxy) is 1. The lowest BCUT2D eigenvalue weighted by molar-refractivity contribution is -0.384. The number of hydrogen-bond donors (Lipinski definition) is 0. The third-order valence-corrected chi connectivity index (χ3v) is 5.07. The zero-order valence-electron chi connectivity index (χ0n) is 18.2. The maximum Gasteiger partial charge on any atom is 0.410 e. The number of rotatable bonds is 5. The summed E-state index contributed by atoms with van der Waals surface area (Å²) in [7, 11) is 1.76. The number of likely N-dealkylation sites (tertiary alicyclic amines) is 1. The molecule has 1 amide bonds. The number of nitro benzene ring substituents is 1. The van der Waals surface area contributed by atoms with Crippen molar-refractivity contribution in [3.63, 3.8) is 0 Å². The molecular weight excluding hydrogens is 386 g/mol. The van der Waals surface area contributed by atoms with Crippen molar-refractivity contribution in [1.29, 1.82) is 0 Å². The summed E-state index contributed by atoms with van der Waals surface area (Å²) in [5.74, 6) is 0. The third kappa shape index (κ3) is 5.35. The van der Waals surface area contributed by atoms with Crippen LogP contribution in [0.5, 0.6) is 0 Å². The molecule has 0 unspecified atom stereocenters. The van der Waals surface area contributed by atoms with E-state index in [1.807, 2.05) is 40.0 Å². The van der Waals surface area contributed by atoms with Crippen LogP contribution < -0.4 is 0 Å². The molecule has 9 nitrogen and oxygen atoms in total.